The molecule has 3 heteroatoms. The minimum Gasteiger partial charge on any atom is -0.350 e. The van der Waals surface area contributed by atoms with Crippen molar-refractivity contribution >= 4 is 6.29 Å². The summed E-state index contributed by atoms with van der Waals surface area (Å²) < 4.78 is 10.5. The van der Waals surface area contributed by atoms with E-state index in [1.54, 1.807) is 0 Å². The van der Waals surface area contributed by atoms with Crippen LogP contribution in [0.3, 0.4) is 0 Å². The Morgan fingerprint density at radius 3 is 2.73 bits per heavy atom. The molecule has 1 heterocycles. The molecular formula is C8H14O3. The fourth-order valence-corrected chi connectivity index (χ4v) is 1.13. The monoisotopic (exact) mass is 158 g/mol. The highest BCUT2D eigenvalue weighted by atomic mass is 16.7. The number of carbonyl (C=O) groups is 1. The largest absolute Gasteiger partial charge is 0.350 e. The first-order valence-electron chi connectivity index (χ1n) is 3.99. The highest BCUT2D eigenvalue weighted by Gasteiger charge is 2.18. The van der Waals surface area contributed by atoms with E-state index < -0.39 is 0 Å². The van der Waals surface area contributed by atoms with E-state index >= 15 is 0 Å². The number of ether oxygens (including phenoxy) is 2. The van der Waals surface area contributed by atoms with Gasteiger partial charge in [-0.3, -0.25) is 0 Å². The van der Waals surface area contributed by atoms with E-state index in [-0.39, 0.29) is 6.29 Å². The normalized spacial score (nSPS) is 21.9. The maximum absolute atomic E-state index is 10.1. The molecular weight excluding hydrogens is 144 g/mol. The number of hydrogen-bond acceptors (Lipinski definition) is 3. The van der Waals surface area contributed by atoms with Crippen LogP contribution in [0.4, 0.5) is 0 Å². The smallest absolute Gasteiger partial charge is 0.158 e. The second-order valence-corrected chi connectivity index (χ2v) is 2.91. The Bertz CT molecular complexity index is 119. The Morgan fingerprint density at radius 1 is 1.55 bits per heavy atom. The SMILES string of the molecule is CC(CC=O)CC1OCCO1. The molecule has 0 saturated carbocycles. The van der Waals surface area contributed by atoms with Gasteiger partial charge < -0.3 is 14.3 Å². The molecule has 1 aliphatic heterocycles. The van der Waals surface area contributed by atoms with E-state index in [1.807, 2.05) is 6.92 Å². The summed E-state index contributed by atoms with van der Waals surface area (Å²) in [7, 11) is 0. The minimum absolute atomic E-state index is 0.0649. The van der Waals surface area contributed by atoms with E-state index in [0.717, 1.165) is 12.7 Å². The quantitative estimate of drug-likeness (QED) is 0.572. The van der Waals surface area contributed by atoms with Gasteiger partial charge in [-0.1, -0.05) is 6.92 Å². The van der Waals surface area contributed by atoms with Crippen molar-refractivity contribution in [2.75, 3.05) is 13.2 Å². The topological polar surface area (TPSA) is 35.5 Å². The summed E-state index contributed by atoms with van der Waals surface area (Å²) in [4.78, 5) is 10.1. The molecule has 0 aromatic rings. The molecule has 0 aromatic heterocycles. The van der Waals surface area contributed by atoms with Crippen molar-refractivity contribution in [3.05, 3.63) is 0 Å². The molecule has 0 spiro atoms. The van der Waals surface area contributed by atoms with Gasteiger partial charge in [-0.2, -0.15) is 0 Å². The molecule has 11 heavy (non-hydrogen) atoms. The van der Waals surface area contributed by atoms with Crippen LogP contribution in [0.15, 0.2) is 0 Å². The van der Waals surface area contributed by atoms with Gasteiger partial charge in [0.2, 0.25) is 0 Å². The molecule has 0 amide bonds. The van der Waals surface area contributed by atoms with Crippen molar-refractivity contribution in [3.63, 3.8) is 0 Å². The van der Waals surface area contributed by atoms with Crippen LogP contribution >= 0.6 is 0 Å². The van der Waals surface area contributed by atoms with Crippen LogP contribution in [0.25, 0.3) is 0 Å². The van der Waals surface area contributed by atoms with Crippen LogP contribution in [0.5, 0.6) is 0 Å². The average Bonchev–Trinajstić information content (AvgIpc) is 2.40. The highest BCUT2D eigenvalue weighted by molar-refractivity contribution is 5.49. The first kappa shape index (κ1) is 8.68. The Labute approximate surface area is 66.7 Å². The molecule has 1 atom stereocenters. The summed E-state index contributed by atoms with van der Waals surface area (Å²) in [6, 6.07) is 0. The third-order valence-corrected chi connectivity index (χ3v) is 1.78. The second kappa shape index (κ2) is 4.46. The zero-order valence-corrected chi connectivity index (χ0v) is 6.79. The molecule has 0 radical (unpaired) electrons. The predicted octanol–water partition coefficient (Wildman–Crippen LogP) is 0.974. The van der Waals surface area contributed by atoms with Gasteiger partial charge in [-0.15, -0.1) is 0 Å². The Hall–Kier alpha value is -0.410. The fourth-order valence-electron chi connectivity index (χ4n) is 1.13. The summed E-state index contributed by atoms with van der Waals surface area (Å²) in [5, 5.41) is 0. The summed E-state index contributed by atoms with van der Waals surface area (Å²) in [6.07, 6.45) is 2.31. The molecule has 1 rings (SSSR count). The third-order valence-electron chi connectivity index (χ3n) is 1.78. The Kier molecular flexibility index (Phi) is 3.52. The zero-order valence-electron chi connectivity index (χ0n) is 6.79. The third kappa shape index (κ3) is 2.99. The van der Waals surface area contributed by atoms with Gasteiger partial charge in [0.05, 0.1) is 13.2 Å². The molecule has 64 valence electrons. The average molecular weight is 158 g/mol. The van der Waals surface area contributed by atoms with Gasteiger partial charge in [0, 0.05) is 12.8 Å². The molecule has 1 fully saturated rings. The standard InChI is InChI=1S/C8H14O3/c1-7(2-3-9)6-8-10-4-5-11-8/h3,7-8H,2,4-6H2,1H3. The molecule has 0 aromatic carbocycles. The highest BCUT2D eigenvalue weighted by Crippen LogP contribution is 2.15. The van der Waals surface area contributed by atoms with Crippen molar-refractivity contribution in [2.24, 2.45) is 5.92 Å². The van der Waals surface area contributed by atoms with Crippen molar-refractivity contribution < 1.29 is 14.3 Å². The summed E-state index contributed by atoms with van der Waals surface area (Å²) >= 11 is 0. The van der Waals surface area contributed by atoms with Crippen molar-refractivity contribution in [2.45, 2.75) is 26.1 Å². The Morgan fingerprint density at radius 2 is 2.18 bits per heavy atom. The van der Waals surface area contributed by atoms with Gasteiger partial charge in [0.1, 0.15) is 6.29 Å². The van der Waals surface area contributed by atoms with E-state index in [1.165, 1.54) is 0 Å². The second-order valence-electron chi connectivity index (χ2n) is 2.91. The first-order valence-corrected chi connectivity index (χ1v) is 3.99. The van der Waals surface area contributed by atoms with Crippen LogP contribution in [0, 0.1) is 5.92 Å². The van der Waals surface area contributed by atoms with Crippen LogP contribution < -0.4 is 0 Å². The van der Waals surface area contributed by atoms with Crippen molar-refractivity contribution in [1.82, 2.24) is 0 Å². The summed E-state index contributed by atoms with van der Waals surface area (Å²) in [5.74, 6) is 0.371. The molecule has 1 aliphatic rings. The molecule has 0 aliphatic carbocycles. The van der Waals surface area contributed by atoms with E-state index in [2.05, 4.69) is 0 Å². The van der Waals surface area contributed by atoms with E-state index in [0.29, 0.717) is 25.6 Å². The number of aldehydes is 1. The van der Waals surface area contributed by atoms with Crippen molar-refractivity contribution in [1.29, 1.82) is 0 Å². The Balaban J connectivity index is 2.12. The van der Waals surface area contributed by atoms with Gasteiger partial charge in [0.25, 0.3) is 0 Å². The lowest BCUT2D eigenvalue weighted by molar-refractivity contribution is -0.109. The number of hydrogen-bond donors (Lipinski definition) is 0. The van der Waals surface area contributed by atoms with Crippen LogP contribution in [0.2, 0.25) is 0 Å². The van der Waals surface area contributed by atoms with Crippen molar-refractivity contribution in [3.8, 4) is 0 Å². The summed E-state index contributed by atoms with van der Waals surface area (Å²) in [5.41, 5.74) is 0. The molecule has 1 saturated heterocycles. The van der Waals surface area contributed by atoms with Crippen LogP contribution in [-0.2, 0) is 14.3 Å². The van der Waals surface area contributed by atoms with Crippen LogP contribution in [0.1, 0.15) is 19.8 Å². The molecule has 0 bridgehead atoms. The molecule has 0 N–H and O–H groups in total. The zero-order chi connectivity index (χ0) is 8.10. The lowest BCUT2D eigenvalue weighted by Crippen LogP contribution is -2.12. The fraction of sp³-hybridized carbons (Fsp3) is 0.875. The summed E-state index contributed by atoms with van der Waals surface area (Å²) in [6.45, 7) is 3.41. The molecule has 3 nitrogen and oxygen atoms in total. The molecule has 1 unspecified atom stereocenters. The van der Waals surface area contributed by atoms with Gasteiger partial charge in [0.15, 0.2) is 6.29 Å². The number of rotatable bonds is 4. The number of carbonyl (C=O) groups excluding carboxylic acids is 1. The van der Waals surface area contributed by atoms with Gasteiger partial charge in [-0.05, 0) is 5.92 Å². The predicted molar refractivity (Wildman–Crippen MR) is 40.2 cm³/mol. The maximum atomic E-state index is 10.1. The van der Waals surface area contributed by atoms with Crippen LogP contribution in [-0.4, -0.2) is 25.8 Å². The van der Waals surface area contributed by atoms with Gasteiger partial charge >= 0.3 is 0 Å². The maximum Gasteiger partial charge on any atom is 0.158 e. The van der Waals surface area contributed by atoms with Gasteiger partial charge in [-0.25, -0.2) is 0 Å². The van der Waals surface area contributed by atoms with E-state index in [4.69, 9.17) is 9.47 Å². The lowest BCUT2D eigenvalue weighted by Gasteiger charge is -2.12. The first-order chi connectivity index (χ1) is 5.33. The lowest BCUT2D eigenvalue weighted by atomic mass is 10.1. The van der Waals surface area contributed by atoms with E-state index in [9.17, 15) is 4.79 Å². The minimum atomic E-state index is -0.0649.